The molecule has 0 saturated carbocycles. The monoisotopic (exact) mass is 229 g/mol. The van der Waals surface area contributed by atoms with Crippen LogP contribution in [0, 0.1) is 6.92 Å². The minimum absolute atomic E-state index is 0.0171. The highest BCUT2D eigenvalue weighted by Gasteiger charge is 2.03. The van der Waals surface area contributed by atoms with E-state index in [2.05, 4.69) is 15.3 Å². The Kier molecular flexibility index (Phi) is 3.55. The van der Waals surface area contributed by atoms with Crippen LogP contribution in [0.25, 0.3) is 0 Å². The molecule has 0 saturated heterocycles. The Hall–Kier alpha value is -2.10. The van der Waals surface area contributed by atoms with E-state index in [0.717, 1.165) is 11.3 Å². The molecule has 0 bridgehead atoms. The average Bonchev–Trinajstić information content (AvgIpc) is 2.83. The van der Waals surface area contributed by atoms with Gasteiger partial charge >= 0.3 is 0 Å². The van der Waals surface area contributed by atoms with Crippen LogP contribution in [-0.2, 0) is 17.8 Å². The van der Waals surface area contributed by atoms with Crippen molar-refractivity contribution in [3.05, 3.63) is 53.6 Å². The van der Waals surface area contributed by atoms with Crippen molar-refractivity contribution in [3.63, 3.8) is 0 Å². The molecular formula is C13H15N3O. The molecule has 1 aromatic carbocycles. The predicted octanol–water partition coefficient (Wildman–Crippen LogP) is 1.58. The number of hydrogen-bond acceptors (Lipinski definition) is 2. The summed E-state index contributed by atoms with van der Waals surface area (Å²) >= 11 is 0. The molecule has 0 fully saturated rings. The summed E-state index contributed by atoms with van der Waals surface area (Å²) in [7, 11) is 0. The summed E-state index contributed by atoms with van der Waals surface area (Å²) in [5.74, 6) is 0.0171. The summed E-state index contributed by atoms with van der Waals surface area (Å²) in [6, 6.07) is 7.98. The molecule has 0 atom stereocenters. The molecule has 1 aromatic heterocycles. The molecule has 0 aliphatic rings. The number of aromatic nitrogens is 2. The Bertz CT molecular complexity index is 474. The molecule has 1 amide bonds. The van der Waals surface area contributed by atoms with Crippen LogP contribution in [0.2, 0.25) is 0 Å². The smallest absolute Gasteiger partial charge is 0.224 e. The zero-order chi connectivity index (χ0) is 12.1. The predicted molar refractivity (Wildman–Crippen MR) is 65.3 cm³/mol. The van der Waals surface area contributed by atoms with E-state index in [9.17, 15) is 4.79 Å². The lowest BCUT2D eigenvalue weighted by Crippen LogP contribution is -2.24. The molecule has 0 unspecified atom stereocenters. The van der Waals surface area contributed by atoms with Gasteiger partial charge in [-0.2, -0.15) is 0 Å². The van der Waals surface area contributed by atoms with Gasteiger partial charge in [0.1, 0.15) is 0 Å². The quantitative estimate of drug-likeness (QED) is 0.836. The number of hydrogen-bond donors (Lipinski definition) is 2. The van der Waals surface area contributed by atoms with E-state index in [4.69, 9.17) is 0 Å². The van der Waals surface area contributed by atoms with E-state index >= 15 is 0 Å². The molecule has 2 N–H and O–H groups in total. The van der Waals surface area contributed by atoms with E-state index in [1.807, 2.05) is 31.2 Å². The molecule has 0 spiro atoms. The summed E-state index contributed by atoms with van der Waals surface area (Å²) < 4.78 is 0. The third kappa shape index (κ3) is 3.45. The van der Waals surface area contributed by atoms with Crippen molar-refractivity contribution in [2.45, 2.75) is 19.9 Å². The van der Waals surface area contributed by atoms with E-state index in [1.54, 1.807) is 12.5 Å². The van der Waals surface area contributed by atoms with Crippen molar-refractivity contribution in [1.82, 2.24) is 15.3 Å². The first kappa shape index (κ1) is 11.4. The first-order valence-electron chi connectivity index (χ1n) is 5.53. The van der Waals surface area contributed by atoms with E-state index in [-0.39, 0.29) is 5.91 Å². The lowest BCUT2D eigenvalue weighted by atomic mass is 10.1. The molecule has 17 heavy (non-hydrogen) atoms. The van der Waals surface area contributed by atoms with Gasteiger partial charge in [-0.05, 0) is 12.5 Å². The van der Waals surface area contributed by atoms with Crippen molar-refractivity contribution in [3.8, 4) is 0 Å². The van der Waals surface area contributed by atoms with Gasteiger partial charge in [-0.25, -0.2) is 4.98 Å². The van der Waals surface area contributed by atoms with Gasteiger partial charge in [-0.15, -0.1) is 0 Å². The molecule has 4 heteroatoms. The lowest BCUT2D eigenvalue weighted by molar-refractivity contribution is -0.120. The summed E-state index contributed by atoms with van der Waals surface area (Å²) in [5.41, 5.74) is 3.13. The molecule has 0 aliphatic heterocycles. The number of nitrogens with one attached hydrogen (secondary N) is 2. The SMILES string of the molecule is Cc1ccc(CC(=O)NCc2cnc[nH]2)cc1. The largest absolute Gasteiger partial charge is 0.350 e. The molecule has 2 aromatic rings. The van der Waals surface area contributed by atoms with Crippen molar-refractivity contribution in [1.29, 1.82) is 0 Å². The van der Waals surface area contributed by atoms with Crippen LogP contribution in [0.4, 0.5) is 0 Å². The third-order valence-corrected chi connectivity index (χ3v) is 2.52. The van der Waals surface area contributed by atoms with Crippen LogP contribution in [0.3, 0.4) is 0 Å². The van der Waals surface area contributed by atoms with Gasteiger partial charge in [-0.3, -0.25) is 4.79 Å². The van der Waals surface area contributed by atoms with Crippen LogP contribution in [0.1, 0.15) is 16.8 Å². The fourth-order valence-corrected chi connectivity index (χ4v) is 1.53. The second-order valence-corrected chi connectivity index (χ2v) is 4.02. The molecule has 4 nitrogen and oxygen atoms in total. The molecule has 1 heterocycles. The zero-order valence-corrected chi connectivity index (χ0v) is 9.73. The number of carbonyl (C=O) groups excluding carboxylic acids is 1. The molecule has 2 rings (SSSR count). The standard InChI is InChI=1S/C13H15N3O/c1-10-2-4-11(5-3-10)6-13(17)15-8-12-7-14-9-16-12/h2-5,7,9H,6,8H2,1H3,(H,14,16)(H,15,17). The van der Waals surface area contributed by atoms with Crippen LogP contribution < -0.4 is 5.32 Å². The number of amides is 1. The highest BCUT2D eigenvalue weighted by atomic mass is 16.1. The maximum atomic E-state index is 11.6. The van der Waals surface area contributed by atoms with Crippen molar-refractivity contribution in [2.24, 2.45) is 0 Å². The number of H-pyrrole nitrogens is 1. The maximum Gasteiger partial charge on any atom is 0.224 e. The third-order valence-electron chi connectivity index (χ3n) is 2.52. The second kappa shape index (κ2) is 5.30. The number of rotatable bonds is 4. The van der Waals surface area contributed by atoms with Crippen molar-refractivity contribution in [2.75, 3.05) is 0 Å². The molecule has 0 aliphatic carbocycles. The van der Waals surface area contributed by atoms with Gasteiger partial charge in [0.2, 0.25) is 5.91 Å². The summed E-state index contributed by atoms with van der Waals surface area (Å²) in [6.45, 7) is 2.52. The fraction of sp³-hybridized carbons (Fsp3) is 0.231. The van der Waals surface area contributed by atoms with E-state index < -0.39 is 0 Å². The maximum absolute atomic E-state index is 11.6. The molecular weight excluding hydrogens is 214 g/mol. The highest BCUT2D eigenvalue weighted by Crippen LogP contribution is 2.03. The number of nitrogens with zero attached hydrogens (tertiary/aromatic N) is 1. The number of aromatic amines is 1. The van der Waals surface area contributed by atoms with Crippen molar-refractivity contribution >= 4 is 5.91 Å². The lowest BCUT2D eigenvalue weighted by Gasteiger charge is -2.04. The van der Waals surface area contributed by atoms with E-state index in [0.29, 0.717) is 13.0 Å². The van der Waals surface area contributed by atoms with Crippen LogP contribution in [-0.4, -0.2) is 15.9 Å². The molecule has 0 radical (unpaired) electrons. The number of benzene rings is 1. The first-order valence-corrected chi connectivity index (χ1v) is 5.53. The van der Waals surface area contributed by atoms with Gasteiger partial charge in [-0.1, -0.05) is 29.8 Å². The van der Waals surface area contributed by atoms with Crippen LogP contribution in [0.15, 0.2) is 36.8 Å². The van der Waals surface area contributed by atoms with Crippen molar-refractivity contribution < 1.29 is 4.79 Å². The summed E-state index contributed by atoms with van der Waals surface area (Å²) in [4.78, 5) is 18.5. The number of aryl methyl sites for hydroxylation is 1. The first-order chi connectivity index (χ1) is 8.24. The van der Waals surface area contributed by atoms with Gasteiger partial charge in [0.15, 0.2) is 0 Å². The summed E-state index contributed by atoms with van der Waals surface area (Å²) in [6.07, 6.45) is 3.71. The van der Waals surface area contributed by atoms with Crippen LogP contribution >= 0.6 is 0 Å². The minimum Gasteiger partial charge on any atom is -0.350 e. The Balaban J connectivity index is 1.83. The van der Waals surface area contributed by atoms with Gasteiger partial charge in [0, 0.05) is 6.20 Å². The minimum atomic E-state index is 0.0171. The van der Waals surface area contributed by atoms with E-state index in [1.165, 1.54) is 5.56 Å². The second-order valence-electron chi connectivity index (χ2n) is 4.02. The molecule has 88 valence electrons. The fourth-order valence-electron chi connectivity index (χ4n) is 1.53. The Morgan fingerprint density at radius 3 is 2.76 bits per heavy atom. The Morgan fingerprint density at radius 2 is 2.12 bits per heavy atom. The van der Waals surface area contributed by atoms with Crippen LogP contribution in [0.5, 0.6) is 0 Å². The Labute approximate surface area is 100 Å². The topological polar surface area (TPSA) is 57.8 Å². The summed E-state index contributed by atoms with van der Waals surface area (Å²) in [5, 5.41) is 2.84. The Morgan fingerprint density at radius 1 is 1.35 bits per heavy atom. The highest BCUT2D eigenvalue weighted by molar-refractivity contribution is 5.78. The van der Waals surface area contributed by atoms with Gasteiger partial charge in [0.05, 0.1) is 25.0 Å². The zero-order valence-electron chi connectivity index (χ0n) is 9.73. The van der Waals surface area contributed by atoms with Gasteiger partial charge < -0.3 is 10.3 Å². The normalized spacial score (nSPS) is 10.2. The number of imidazole rings is 1. The average molecular weight is 229 g/mol. The van der Waals surface area contributed by atoms with Gasteiger partial charge in [0.25, 0.3) is 0 Å². The number of carbonyl (C=O) groups is 1.